The van der Waals surface area contributed by atoms with Crippen molar-refractivity contribution < 1.29 is 0 Å². The Morgan fingerprint density at radius 1 is 1.37 bits per heavy atom. The number of fused-ring (bicyclic) bond motifs is 1. The first kappa shape index (κ1) is 12.8. The molecule has 2 heterocycles. The number of nitrogens with zero attached hydrogens (tertiary/aromatic N) is 2. The van der Waals surface area contributed by atoms with Crippen LogP contribution < -0.4 is 11.1 Å². The minimum absolute atomic E-state index is 0.266. The number of hydrogen-bond donors (Lipinski definition) is 2. The molecule has 5 heteroatoms. The number of nitrogens with two attached hydrogens (primary N) is 1. The molecule has 2 aromatic rings. The molecule has 0 bridgehead atoms. The highest BCUT2D eigenvalue weighted by molar-refractivity contribution is 7.18. The first-order valence-electron chi connectivity index (χ1n) is 6.88. The summed E-state index contributed by atoms with van der Waals surface area (Å²) >= 11 is 1.71. The van der Waals surface area contributed by atoms with Gasteiger partial charge in [0.05, 0.1) is 5.39 Å². The third kappa shape index (κ3) is 2.44. The van der Waals surface area contributed by atoms with Crippen molar-refractivity contribution in [3.63, 3.8) is 0 Å². The molecule has 1 saturated carbocycles. The fourth-order valence-electron chi connectivity index (χ4n) is 2.97. The van der Waals surface area contributed by atoms with E-state index in [1.165, 1.54) is 30.6 Å². The quantitative estimate of drug-likeness (QED) is 0.901. The minimum atomic E-state index is 0.266. The third-order valence-corrected chi connectivity index (χ3v) is 5.14. The molecule has 1 fully saturated rings. The van der Waals surface area contributed by atoms with E-state index in [2.05, 4.69) is 28.3 Å². The number of aryl methyl sites for hydroxylation is 1. The van der Waals surface area contributed by atoms with E-state index in [1.54, 1.807) is 17.7 Å². The highest BCUT2D eigenvalue weighted by Gasteiger charge is 2.32. The molecule has 0 amide bonds. The maximum absolute atomic E-state index is 5.98. The Morgan fingerprint density at radius 2 is 2.16 bits per heavy atom. The van der Waals surface area contributed by atoms with Crippen LogP contribution in [0, 0.1) is 12.3 Å². The van der Waals surface area contributed by atoms with Gasteiger partial charge in [0.15, 0.2) is 0 Å². The number of anilines is 1. The summed E-state index contributed by atoms with van der Waals surface area (Å²) < 4.78 is 0. The van der Waals surface area contributed by atoms with Gasteiger partial charge < -0.3 is 11.1 Å². The average Bonchev–Trinajstić information content (AvgIpc) is 3.02. The van der Waals surface area contributed by atoms with Gasteiger partial charge in [0.2, 0.25) is 0 Å². The standard InChI is InChI=1S/C14H20N4S/c1-10-6-11-12(17-9-18-13(11)19-10)16-8-14(7-15)4-2-3-5-14/h6,9H,2-5,7-8,15H2,1H3,(H,16,17,18). The van der Waals surface area contributed by atoms with Crippen molar-refractivity contribution in [2.75, 3.05) is 18.4 Å². The molecule has 0 aromatic carbocycles. The lowest BCUT2D eigenvalue weighted by Gasteiger charge is -2.27. The Morgan fingerprint density at radius 3 is 2.89 bits per heavy atom. The van der Waals surface area contributed by atoms with Gasteiger partial charge in [-0.05, 0) is 37.8 Å². The lowest BCUT2D eigenvalue weighted by Crippen LogP contribution is -2.34. The summed E-state index contributed by atoms with van der Waals surface area (Å²) in [6, 6.07) is 2.16. The fourth-order valence-corrected chi connectivity index (χ4v) is 3.81. The normalized spacial score (nSPS) is 18.0. The number of thiophene rings is 1. The molecule has 1 aliphatic rings. The summed E-state index contributed by atoms with van der Waals surface area (Å²) in [6.45, 7) is 3.79. The lowest BCUT2D eigenvalue weighted by atomic mass is 9.86. The Kier molecular flexibility index (Phi) is 3.41. The van der Waals surface area contributed by atoms with Crippen LogP contribution in [-0.2, 0) is 0 Å². The summed E-state index contributed by atoms with van der Waals surface area (Å²) in [7, 11) is 0. The first-order chi connectivity index (χ1) is 9.22. The molecule has 102 valence electrons. The molecule has 3 rings (SSSR count). The molecule has 0 spiro atoms. The van der Waals surface area contributed by atoms with Crippen LogP contribution >= 0.6 is 11.3 Å². The van der Waals surface area contributed by atoms with Crippen molar-refractivity contribution in [2.24, 2.45) is 11.1 Å². The van der Waals surface area contributed by atoms with Crippen molar-refractivity contribution >= 4 is 27.4 Å². The largest absolute Gasteiger partial charge is 0.369 e. The molecule has 0 atom stereocenters. The van der Waals surface area contributed by atoms with Crippen LogP contribution in [0.1, 0.15) is 30.6 Å². The van der Waals surface area contributed by atoms with Gasteiger partial charge in [-0.15, -0.1) is 11.3 Å². The molecule has 19 heavy (non-hydrogen) atoms. The second kappa shape index (κ2) is 5.06. The van der Waals surface area contributed by atoms with Gasteiger partial charge in [0, 0.05) is 11.4 Å². The van der Waals surface area contributed by atoms with E-state index in [0.29, 0.717) is 0 Å². The van der Waals surface area contributed by atoms with Gasteiger partial charge in [-0.3, -0.25) is 0 Å². The van der Waals surface area contributed by atoms with E-state index in [-0.39, 0.29) is 5.41 Å². The van der Waals surface area contributed by atoms with E-state index in [4.69, 9.17) is 5.73 Å². The van der Waals surface area contributed by atoms with Crippen molar-refractivity contribution in [1.29, 1.82) is 0 Å². The van der Waals surface area contributed by atoms with Gasteiger partial charge in [-0.1, -0.05) is 12.8 Å². The van der Waals surface area contributed by atoms with Crippen LogP contribution in [0.25, 0.3) is 10.2 Å². The Labute approximate surface area is 117 Å². The van der Waals surface area contributed by atoms with E-state index < -0.39 is 0 Å². The summed E-state index contributed by atoms with van der Waals surface area (Å²) in [5, 5.41) is 4.64. The SMILES string of the molecule is Cc1cc2c(NCC3(CN)CCCC3)ncnc2s1. The third-order valence-electron chi connectivity index (χ3n) is 4.18. The zero-order valence-electron chi connectivity index (χ0n) is 11.3. The van der Waals surface area contributed by atoms with Crippen molar-refractivity contribution in [2.45, 2.75) is 32.6 Å². The Bertz CT molecular complexity index is 572. The van der Waals surface area contributed by atoms with E-state index in [9.17, 15) is 0 Å². The fraction of sp³-hybridized carbons (Fsp3) is 0.571. The lowest BCUT2D eigenvalue weighted by molar-refractivity contribution is 0.332. The summed E-state index contributed by atoms with van der Waals surface area (Å²) in [5.74, 6) is 0.953. The predicted molar refractivity (Wildman–Crippen MR) is 80.6 cm³/mol. The zero-order chi connectivity index (χ0) is 13.3. The van der Waals surface area contributed by atoms with Crippen LogP contribution in [-0.4, -0.2) is 23.1 Å². The van der Waals surface area contributed by atoms with E-state index >= 15 is 0 Å². The Hall–Kier alpha value is -1.20. The molecular weight excluding hydrogens is 256 g/mol. The van der Waals surface area contributed by atoms with Crippen molar-refractivity contribution in [1.82, 2.24) is 9.97 Å². The topological polar surface area (TPSA) is 63.8 Å². The maximum atomic E-state index is 5.98. The number of aromatic nitrogens is 2. The van der Waals surface area contributed by atoms with Crippen LogP contribution in [0.2, 0.25) is 0 Å². The molecule has 0 saturated heterocycles. The maximum Gasteiger partial charge on any atom is 0.138 e. The molecule has 3 N–H and O–H groups in total. The van der Waals surface area contributed by atoms with Gasteiger partial charge in [-0.2, -0.15) is 0 Å². The second-order valence-corrected chi connectivity index (χ2v) is 6.80. The van der Waals surface area contributed by atoms with E-state index in [1.807, 2.05) is 0 Å². The summed E-state index contributed by atoms with van der Waals surface area (Å²) in [6.07, 6.45) is 6.70. The smallest absolute Gasteiger partial charge is 0.138 e. The van der Waals surface area contributed by atoms with Gasteiger partial charge in [0.25, 0.3) is 0 Å². The van der Waals surface area contributed by atoms with Crippen LogP contribution in [0.15, 0.2) is 12.4 Å². The van der Waals surface area contributed by atoms with Crippen LogP contribution in [0.3, 0.4) is 0 Å². The average molecular weight is 276 g/mol. The van der Waals surface area contributed by atoms with Crippen LogP contribution in [0.4, 0.5) is 5.82 Å². The number of rotatable bonds is 4. The van der Waals surface area contributed by atoms with Crippen LogP contribution in [0.5, 0.6) is 0 Å². The molecule has 1 aliphatic carbocycles. The van der Waals surface area contributed by atoms with Crippen molar-refractivity contribution in [3.05, 3.63) is 17.3 Å². The summed E-state index contributed by atoms with van der Waals surface area (Å²) in [4.78, 5) is 11.0. The highest BCUT2D eigenvalue weighted by Crippen LogP contribution is 2.37. The zero-order valence-corrected chi connectivity index (χ0v) is 12.1. The summed E-state index contributed by atoms with van der Waals surface area (Å²) in [5.41, 5.74) is 6.25. The first-order valence-corrected chi connectivity index (χ1v) is 7.69. The van der Waals surface area contributed by atoms with Gasteiger partial charge in [0.1, 0.15) is 17.0 Å². The minimum Gasteiger partial charge on any atom is -0.369 e. The van der Waals surface area contributed by atoms with Gasteiger partial charge >= 0.3 is 0 Å². The molecule has 2 aromatic heterocycles. The van der Waals surface area contributed by atoms with E-state index in [0.717, 1.165) is 29.1 Å². The monoisotopic (exact) mass is 276 g/mol. The predicted octanol–water partition coefficient (Wildman–Crippen LogP) is 2.93. The molecular formula is C14H20N4S. The molecule has 4 nitrogen and oxygen atoms in total. The Balaban J connectivity index is 1.81. The highest BCUT2D eigenvalue weighted by atomic mass is 32.1. The van der Waals surface area contributed by atoms with Crippen molar-refractivity contribution in [3.8, 4) is 0 Å². The molecule has 0 radical (unpaired) electrons. The second-order valence-electron chi connectivity index (χ2n) is 5.56. The molecule has 0 unspecified atom stereocenters. The van der Waals surface area contributed by atoms with Gasteiger partial charge in [-0.25, -0.2) is 9.97 Å². The molecule has 0 aliphatic heterocycles. The number of nitrogens with one attached hydrogen (secondary N) is 1. The number of hydrogen-bond acceptors (Lipinski definition) is 5.